The summed E-state index contributed by atoms with van der Waals surface area (Å²) in [6.45, 7) is 0. The van der Waals surface area contributed by atoms with Gasteiger partial charge in [-0.3, -0.25) is 4.79 Å². The number of hydrogen-bond donors (Lipinski definition) is 1. The highest BCUT2D eigenvalue weighted by molar-refractivity contribution is 5.77. The van der Waals surface area contributed by atoms with E-state index in [1.807, 2.05) is 24.3 Å². The van der Waals surface area contributed by atoms with Gasteiger partial charge in [0.1, 0.15) is 11.2 Å². The number of fused-ring (bicyclic) bond motifs is 2. The van der Waals surface area contributed by atoms with Gasteiger partial charge >= 0.3 is 5.97 Å². The lowest BCUT2D eigenvalue weighted by Gasteiger charge is -2.31. The summed E-state index contributed by atoms with van der Waals surface area (Å²) >= 11 is 0. The van der Waals surface area contributed by atoms with Crippen molar-refractivity contribution in [1.29, 1.82) is 0 Å². The molecule has 0 saturated carbocycles. The molecule has 2 aliphatic heterocycles. The largest absolute Gasteiger partial charge is 0.496 e. The Morgan fingerprint density at radius 2 is 2.26 bits per heavy atom. The number of aliphatic carboxylic acids is 1. The fraction of sp³-hybridized carbons (Fsp3) is 0.533. The normalized spacial score (nSPS) is 32.5. The fourth-order valence-electron chi connectivity index (χ4n) is 3.48. The zero-order chi connectivity index (χ0) is 13.5. The van der Waals surface area contributed by atoms with Crippen molar-refractivity contribution in [3.05, 3.63) is 29.8 Å². The first-order chi connectivity index (χ1) is 9.15. The van der Waals surface area contributed by atoms with Crippen LogP contribution in [0.5, 0.6) is 5.75 Å². The van der Waals surface area contributed by atoms with Gasteiger partial charge in [0.15, 0.2) is 0 Å². The molecule has 1 N–H and O–H groups in total. The Bertz CT molecular complexity index is 499. The summed E-state index contributed by atoms with van der Waals surface area (Å²) in [5, 5.41) is 9.69. The molecule has 2 heterocycles. The summed E-state index contributed by atoms with van der Waals surface area (Å²) in [6, 6.07) is 7.63. The van der Waals surface area contributed by atoms with Gasteiger partial charge in [-0.1, -0.05) is 18.2 Å². The van der Waals surface area contributed by atoms with E-state index in [0.717, 1.165) is 24.2 Å². The number of benzene rings is 1. The predicted octanol–water partition coefficient (Wildman–Crippen LogP) is 2.26. The lowest BCUT2D eigenvalue weighted by Crippen LogP contribution is -2.42. The van der Waals surface area contributed by atoms with Gasteiger partial charge in [-0.2, -0.15) is 0 Å². The van der Waals surface area contributed by atoms with Crippen LogP contribution in [-0.2, 0) is 16.0 Å². The van der Waals surface area contributed by atoms with E-state index in [4.69, 9.17) is 9.47 Å². The van der Waals surface area contributed by atoms with Gasteiger partial charge in [-0.25, -0.2) is 0 Å². The molecule has 4 nitrogen and oxygen atoms in total. The first kappa shape index (κ1) is 12.5. The average molecular weight is 262 g/mol. The van der Waals surface area contributed by atoms with Crippen LogP contribution in [0.4, 0.5) is 0 Å². The number of rotatable bonds is 4. The Hall–Kier alpha value is -1.55. The number of ether oxygens (including phenoxy) is 2. The number of methoxy groups -OCH3 is 1. The van der Waals surface area contributed by atoms with Gasteiger partial charge in [0.05, 0.1) is 19.3 Å². The van der Waals surface area contributed by atoms with Crippen LogP contribution >= 0.6 is 0 Å². The van der Waals surface area contributed by atoms with E-state index < -0.39 is 11.4 Å². The van der Waals surface area contributed by atoms with Crippen molar-refractivity contribution in [3.8, 4) is 5.75 Å². The molecule has 2 saturated heterocycles. The van der Waals surface area contributed by atoms with E-state index in [9.17, 15) is 9.90 Å². The molecule has 3 atom stereocenters. The molecular formula is C15H18O4. The molecule has 0 spiro atoms. The van der Waals surface area contributed by atoms with Crippen molar-refractivity contribution >= 4 is 5.97 Å². The van der Waals surface area contributed by atoms with Crippen molar-refractivity contribution in [2.75, 3.05) is 7.11 Å². The third-order valence-corrected chi connectivity index (χ3v) is 4.44. The quantitative estimate of drug-likeness (QED) is 0.904. The topological polar surface area (TPSA) is 55.8 Å². The minimum absolute atomic E-state index is 0.121. The Labute approximate surface area is 112 Å². The first-order valence-electron chi connectivity index (χ1n) is 6.66. The highest BCUT2D eigenvalue weighted by Crippen LogP contribution is 2.50. The van der Waals surface area contributed by atoms with Gasteiger partial charge in [-0.15, -0.1) is 0 Å². The molecule has 102 valence electrons. The van der Waals surface area contributed by atoms with Crippen LogP contribution in [-0.4, -0.2) is 30.4 Å². The maximum atomic E-state index is 11.8. The summed E-state index contributed by atoms with van der Waals surface area (Å²) in [6.07, 6.45) is 2.91. The Kier molecular flexibility index (Phi) is 2.97. The summed E-state index contributed by atoms with van der Waals surface area (Å²) in [5.74, 6) is 0.0107. The number of para-hydroxylation sites is 1. The molecular weight excluding hydrogens is 244 g/mol. The monoisotopic (exact) mass is 262 g/mol. The third-order valence-electron chi connectivity index (χ3n) is 4.44. The van der Waals surface area contributed by atoms with Gasteiger partial charge < -0.3 is 14.6 Å². The Balaban J connectivity index is 1.93. The zero-order valence-corrected chi connectivity index (χ0v) is 11.0. The lowest BCUT2D eigenvalue weighted by molar-refractivity contribution is -0.152. The van der Waals surface area contributed by atoms with Gasteiger partial charge in [0, 0.05) is 0 Å². The van der Waals surface area contributed by atoms with E-state index in [1.54, 1.807) is 7.11 Å². The molecule has 2 bridgehead atoms. The van der Waals surface area contributed by atoms with Crippen molar-refractivity contribution in [1.82, 2.24) is 0 Å². The number of carboxylic acids is 1. The molecule has 4 heteroatoms. The van der Waals surface area contributed by atoms with Crippen molar-refractivity contribution in [2.45, 2.75) is 37.9 Å². The second-order valence-corrected chi connectivity index (χ2v) is 5.48. The molecule has 0 amide bonds. The molecule has 1 aromatic rings. The van der Waals surface area contributed by atoms with Gasteiger partial charge in [0.25, 0.3) is 0 Å². The SMILES string of the molecule is COc1ccccc1CC1(C(=O)O)CC2CCC1O2. The third kappa shape index (κ3) is 1.91. The number of carbonyl (C=O) groups is 1. The minimum Gasteiger partial charge on any atom is -0.496 e. The summed E-state index contributed by atoms with van der Waals surface area (Å²) in [5.41, 5.74) is 0.168. The van der Waals surface area contributed by atoms with Crippen LogP contribution in [0.25, 0.3) is 0 Å². The average Bonchev–Trinajstić information content (AvgIpc) is 3.00. The summed E-state index contributed by atoms with van der Waals surface area (Å²) in [7, 11) is 1.61. The zero-order valence-electron chi connectivity index (χ0n) is 11.0. The lowest BCUT2D eigenvalue weighted by atomic mass is 9.70. The van der Waals surface area contributed by atoms with Crippen LogP contribution in [0.1, 0.15) is 24.8 Å². The number of hydrogen-bond acceptors (Lipinski definition) is 3. The van der Waals surface area contributed by atoms with Gasteiger partial charge in [-0.05, 0) is 37.3 Å². The molecule has 2 aliphatic rings. The first-order valence-corrected chi connectivity index (χ1v) is 6.66. The van der Waals surface area contributed by atoms with E-state index in [1.165, 1.54) is 0 Å². The highest BCUT2D eigenvalue weighted by atomic mass is 16.5. The van der Waals surface area contributed by atoms with E-state index >= 15 is 0 Å². The smallest absolute Gasteiger partial charge is 0.312 e. The molecule has 3 unspecified atom stereocenters. The molecule has 3 rings (SSSR count). The van der Waals surface area contributed by atoms with Crippen molar-refractivity contribution in [2.24, 2.45) is 5.41 Å². The van der Waals surface area contributed by atoms with Crippen molar-refractivity contribution in [3.63, 3.8) is 0 Å². The highest BCUT2D eigenvalue weighted by Gasteiger charge is 2.57. The standard InChI is InChI=1S/C15H18O4/c1-18-12-5-3-2-4-10(12)8-15(14(16)17)9-11-6-7-13(15)19-11/h2-5,11,13H,6-9H2,1H3,(H,16,17). The maximum absolute atomic E-state index is 11.8. The van der Waals surface area contributed by atoms with E-state index in [0.29, 0.717) is 12.8 Å². The van der Waals surface area contributed by atoms with Crippen LogP contribution in [0.3, 0.4) is 0 Å². The maximum Gasteiger partial charge on any atom is 0.312 e. The summed E-state index contributed by atoms with van der Waals surface area (Å²) in [4.78, 5) is 11.8. The summed E-state index contributed by atoms with van der Waals surface area (Å²) < 4.78 is 11.1. The second kappa shape index (κ2) is 4.53. The fourth-order valence-corrected chi connectivity index (χ4v) is 3.48. The minimum atomic E-state index is -0.780. The van der Waals surface area contributed by atoms with Crippen LogP contribution in [0.15, 0.2) is 24.3 Å². The van der Waals surface area contributed by atoms with E-state index in [2.05, 4.69) is 0 Å². The predicted molar refractivity (Wildman–Crippen MR) is 69.3 cm³/mol. The molecule has 2 fully saturated rings. The molecule has 19 heavy (non-hydrogen) atoms. The van der Waals surface area contributed by atoms with Crippen LogP contribution < -0.4 is 4.74 Å². The molecule has 0 aromatic heterocycles. The number of carboxylic acid groups (broad SMARTS) is 1. The second-order valence-electron chi connectivity index (χ2n) is 5.48. The molecule has 0 aliphatic carbocycles. The molecule has 1 aromatic carbocycles. The van der Waals surface area contributed by atoms with Crippen molar-refractivity contribution < 1.29 is 19.4 Å². The van der Waals surface area contributed by atoms with Gasteiger partial charge in [0.2, 0.25) is 0 Å². The van der Waals surface area contributed by atoms with E-state index in [-0.39, 0.29) is 12.2 Å². The van der Waals surface area contributed by atoms with Crippen LogP contribution in [0.2, 0.25) is 0 Å². The molecule has 0 radical (unpaired) electrons. The Morgan fingerprint density at radius 1 is 1.47 bits per heavy atom. The van der Waals surface area contributed by atoms with Crippen LogP contribution in [0, 0.1) is 5.41 Å². The Morgan fingerprint density at radius 3 is 2.84 bits per heavy atom.